The van der Waals surface area contributed by atoms with Crippen molar-refractivity contribution in [2.75, 3.05) is 5.75 Å². The van der Waals surface area contributed by atoms with Gasteiger partial charge in [0.1, 0.15) is 0 Å². The van der Waals surface area contributed by atoms with Crippen LogP contribution >= 0.6 is 11.8 Å². The van der Waals surface area contributed by atoms with Crippen molar-refractivity contribution in [1.29, 1.82) is 0 Å². The maximum Gasteiger partial charge on any atom is 0.0597 e. The van der Waals surface area contributed by atoms with E-state index in [0.29, 0.717) is 5.92 Å². The molecule has 0 aromatic heterocycles. The third kappa shape index (κ3) is 2.56. The lowest BCUT2D eigenvalue weighted by atomic mass is 9.89. The summed E-state index contributed by atoms with van der Waals surface area (Å²) in [5.74, 6) is 1.63. The van der Waals surface area contributed by atoms with Crippen molar-refractivity contribution in [3.63, 3.8) is 0 Å². The summed E-state index contributed by atoms with van der Waals surface area (Å²) in [7, 11) is 0. The highest BCUT2D eigenvalue weighted by Gasteiger charge is 2.28. The third-order valence-electron chi connectivity index (χ3n) is 2.79. The maximum atomic E-state index is 9.86. The van der Waals surface area contributed by atoms with Gasteiger partial charge in [-0.05, 0) is 44.7 Å². The van der Waals surface area contributed by atoms with Crippen LogP contribution in [-0.4, -0.2) is 16.5 Å². The second-order valence-electron chi connectivity index (χ2n) is 5.07. The Morgan fingerprint density at radius 1 is 1.47 bits per heavy atom. The first-order chi connectivity index (χ1) is 6.96. The lowest BCUT2D eigenvalue weighted by Gasteiger charge is -2.22. The third-order valence-corrected chi connectivity index (χ3v) is 4.04. The van der Waals surface area contributed by atoms with E-state index in [0.717, 1.165) is 12.2 Å². The molecule has 82 valence electrons. The first-order valence-corrected chi connectivity index (χ1v) is 6.40. The number of aryl methyl sites for hydroxylation is 1. The van der Waals surface area contributed by atoms with Gasteiger partial charge >= 0.3 is 0 Å². The molecule has 0 bridgehead atoms. The van der Waals surface area contributed by atoms with Gasteiger partial charge in [0, 0.05) is 10.6 Å². The van der Waals surface area contributed by atoms with E-state index in [9.17, 15) is 5.11 Å². The molecule has 0 saturated carbocycles. The average Bonchev–Trinajstić information content (AvgIpc) is 2.46. The van der Waals surface area contributed by atoms with Crippen LogP contribution in [0.5, 0.6) is 0 Å². The molecule has 0 fully saturated rings. The molecule has 0 amide bonds. The lowest BCUT2D eigenvalue weighted by Crippen LogP contribution is -2.22. The minimum atomic E-state index is -0.559. The Morgan fingerprint density at radius 3 is 2.87 bits per heavy atom. The molecule has 1 aromatic carbocycles. The van der Waals surface area contributed by atoms with E-state index >= 15 is 0 Å². The first-order valence-electron chi connectivity index (χ1n) is 5.41. The molecule has 1 unspecified atom stereocenters. The standard InChI is InChI=1S/C13H18OS/c1-9-4-5-12-11(6-9)10(8-15-12)7-13(2,3)14/h4-6,10,14H,7-8H2,1-3H3. The van der Waals surface area contributed by atoms with Gasteiger partial charge in [-0.1, -0.05) is 17.7 Å². The molecule has 1 heterocycles. The van der Waals surface area contributed by atoms with E-state index in [1.165, 1.54) is 16.0 Å². The van der Waals surface area contributed by atoms with Crippen molar-refractivity contribution < 1.29 is 5.11 Å². The summed E-state index contributed by atoms with van der Waals surface area (Å²) in [6, 6.07) is 6.64. The summed E-state index contributed by atoms with van der Waals surface area (Å²) in [6.07, 6.45) is 0.858. The summed E-state index contributed by atoms with van der Waals surface area (Å²) in [4.78, 5) is 1.40. The molecule has 1 aliphatic rings. The number of benzene rings is 1. The molecule has 1 aromatic rings. The molecule has 0 radical (unpaired) electrons. The second-order valence-corrected chi connectivity index (χ2v) is 6.13. The molecule has 0 aliphatic carbocycles. The van der Waals surface area contributed by atoms with Crippen LogP contribution in [0.1, 0.15) is 37.3 Å². The SMILES string of the molecule is Cc1ccc2c(c1)C(CC(C)(C)O)CS2. The Labute approximate surface area is 95.9 Å². The van der Waals surface area contributed by atoms with E-state index in [1.807, 2.05) is 25.6 Å². The number of aliphatic hydroxyl groups is 1. The number of hydrogen-bond acceptors (Lipinski definition) is 2. The highest BCUT2D eigenvalue weighted by atomic mass is 32.2. The lowest BCUT2D eigenvalue weighted by molar-refractivity contribution is 0.0652. The predicted octanol–water partition coefficient (Wildman–Crippen LogP) is 3.35. The number of fused-ring (bicyclic) bond motifs is 1. The Balaban J connectivity index is 2.24. The van der Waals surface area contributed by atoms with Crippen LogP contribution in [0.25, 0.3) is 0 Å². The smallest absolute Gasteiger partial charge is 0.0597 e. The summed E-state index contributed by atoms with van der Waals surface area (Å²) >= 11 is 1.91. The van der Waals surface area contributed by atoms with E-state index in [1.54, 1.807) is 0 Å². The fourth-order valence-electron chi connectivity index (χ4n) is 2.17. The van der Waals surface area contributed by atoms with Gasteiger partial charge in [0.05, 0.1) is 5.60 Å². The quantitative estimate of drug-likeness (QED) is 0.828. The fourth-order valence-corrected chi connectivity index (χ4v) is 3.41. The molecule has 1 atom stereocenters. The normalized spacial score (nSPS) is 20.4. The van der Waals surface area contributed by atoms with Gasteiger partial charge in [-0.15, -0.1) is 11.8 Å². The molecular formula is C13H18OS. The number of hydrogen-bond donors (Lipinski definition) is 1. The molecule has 0 saturated heterocycles. The van der Waals surface area contributed by atoms with Crippen molar-refractivity contribution in [3.8, 4) is 0 Å². The van der Waals surface area contributed by atoms with Crippen LogP contribution in [0.3, 0.4) is 0 Å². The van der Waals surface area contributed by atoms with Gasteiger partial charge in [-0.3, -0.25) is 0 Å². The molecule has 1 N–H and O–H groups in total. The van der Waals surface area contributed by atoms with Crippen LogP contribution in [0.2, 0.25) is 0 Å². The largest absolute Gasteiger partial charge is 0.390 e. The molecule has 1 aliphatic heterocycles. The van der Waals surface area contributed by atoms with Crippen molar-refractivity contribution in [3.05, 3.63) is 29.3 Å². The number of thioether (sulfide) groups is 1. The van der Waals surface area contributed by atoms with E-state index < -0.39 is 5.60 Å². The Bertz CT molecular complexity index is 365. The van der Waals surface area contributed by atoms with Gasteiger partial charge in [-0.2, -0.15) is 0 Å². The summed E-state index contributed by atoms with van der Waals surface area (Å²) in [6.45, 7) is 5.92. The Morgan fingerprint density at radius 2 is 2.20 bits per heavy atom. The summed E-state index contributed by atoms with van der Waals surface area (Å²) in [5.41, 5.74) is 2.19. The first kappa shape index (κ1) is 11.0. The zero-order valence-electron chi connectivity index (χ0n) is 9.58. The van der Waals surface area contributed by atoms with Crippen LogP contribution < -0.4 is 0 Å². The van der Waals surface area contributed by atoms with Crippen LogP contribution in [0, 0.1) is 6.92 Å². The maximum absolute atomic E-state index is 9.86. The topological polar surface area (TPSA) is 20.2 Å². The van der Waals surface area contributed by atoms with Crippen LogP contribution in [0.15, 0.2) is 23.1 Å². The monoisotopic (exact) mass is 222 g/mol. The highest BCUT2D eigenvalue weighted by Crippen LogP contribution is 2.43. The van der Waals surface area contributed by atoms with E-state index in [2.05, 4.69) is 25.1 Å². The zero-order valence-corrected chi connectivity index (χ0v) is 10.4. The second kappa shape index (κ2) is 3.84. The zero-order chi connectivity index (χ0) is 11.1. The summed E-state index contributed by atoms with van der Waals surface area (Å²) < 4.78 is 0. The molecule has 2 heteroatoms. The van der Waals surface area contributed by atoms with Gasteiger partial charge in [0.2, 0.25) is 0 Å². The fraction of sp³-hybridized carbons (Fsp3) is 0.538. The summed E-state index contributed by atoms with van der Waals surface area (Å²) in [5, 5.41) is 9.86. The minimum absolute atomic E-state index is 0.518. The Kier molecular flexibility index (Phi) is 2.82. The van der Waals surface area contributed by atoms with E-state index in [4.69, 9.17) is 0 Å². The number of rotatable bonds is 2. The average molecular weight is 222 g/mol. The highest BCUT2D eigenvalue weighted by molar-refractivity contribution is 7.99. The molecular weight excluding hydrogens is 204 g/mol. The Hall–Kier alpha value is -0.470. The van der Waals surface area contributed by atoms with Gasteiger partial charge in [-0.25, -0.2) is 0 Å². The van der Waals surface area contributed by atoms with Crippen molar-refractivity contribution in [2.45, 2.75) is 43.6 Å². The van der Waals surface area contributed by atoms with Crippen LogP contribution in [0.4, 0.5) is 0 Å². The van der Waals surface area contributed by atoms with Gasteiger partial charge in [0.25, 0.3) is 0 Å². The van der Waals surface area contributed by atoms with Crippen molar-refractivity contribution >= 4 is 11.8 Å². The predicted molar refractivity (Wildman–Crippen MR) is 65.6 cm³/mol. The molecule has 1 nitrogen and oxygen atoms in total. The van der Waals surface area contributed by atoms with Gasteiger partial charge in [0.15, 0.2) is 0 Å². The molecule has 15 heavy (non-hydrogen) atoms. The molecule has 0 spiro atoms. The van der Waals surface area contributed by atoms with Crippen molar-refractivity contribution in [1.82, 2.24) is 0 Å². The van der Waals surface area contributed by atoms with Crippen molar-refractivity contribution in [2.24, 2.45) is 0 Å². The van der Waals surface area contributed by atoms with E-state index in [-0.39, 0.29) is 0 Å². The van der Waals surface area contributed by atoms with Gasteiger partial charge < -0.3 is 5.11 Å². The molecule has 2 rings (SSSR count). The van der Waals surface area contributed by atoms with Crippen LogP contribution in [-0.2, 0) is 0 Å². The minimum Gasteiger partial charge on any atom is -0.390 e.